The summed E-state index contributed by atoms with van der Waals surface area (Å²) < 4.78 is 0. The molecule has 0 atom stereocenters. The van der Waals surface area contributed by atoms with Crippen molar-refractivity contribution in [3.63, 3.8) is 0 Å². The van der Waals surface area contributed by atoms with Gasteiger partial charge in [0.15, 0.2) is 0 Å². The minimum atomic E-state index is -0.208. The molecule has 6 fully saturated rings. The van der Waals surface area contributed by atoms with Gasteiger partial charge < -0.3 is 4.90 Å². The van der Waals surface area contributed by atoms with Gasteiger partial charge in [-0.1, -0.05) is 242 Å². The molecule has 0 aromatic heterocycles. The molecule has 0 amide bonds. The Bertz CT molecular complexity index is 2660. The van der Waals surface area contributed by atoms with E-state index >= 15 is 0 Å². The summed E-state index contributed by atoms with van der Waals surface area (Å²) in [5.41, 5.74) is 17.3. The van der Waals surface area contributed by atoms with E-state index in [1.165, 1.54) is 243 Å². The molecule has 1 nitrogen and oxygen atoms in total. The highest BCUT2D eigenvalue weighted by Crippen LogP contribution is 2.58. The van der Waals surface area contributed by atoms with Crippen molar-refractivity contribution in [2.45, 2.75) is 227 Å². The molecule has 0 aliphatic heterocycles. The van der Waals surface area contributed by atoms with Gasteiger partial charge in [-0.3, -0.25) is 0 Å². The number of hydrogen-bond acceptors (Lipinski definition) is 1. The summed E-state index contributed by atoms with van der Waals surface area (Å²) in [6.07, 6.45) is 43.2. The molecular formula is C72H90NP3. The molecule has 76 heavy (non-hydrogen) atoms. The maximum atomic E-state index is 2.63. The first-order chi connectivity index (χ1) is 37.7. The van der Waals surface area contributed by atoms with E-state index < -0.39 is 0 Å². The molecule has 4 heteroatoms. The van der Waals surface area contributed by atoms with E-state index in [0.717, 1.165) is 34.0 Å². The molecule has 6 aromatic rings. The zero-order valence-electron chi connectivity index (χ0n) is 46.3. The first-order valence-corrected chi connectivity index (χ1v) is 35.9. The fraction of sp³-hybridized carbons (Fsp3) is 0.500. The zero-order chi connectivity index (χ0) is 50.9. The van der Waals surface area contributed by atoms with Crippen molar-refractivity contribution in [2.24, 2.45) is 0 Å². The molecule has 12 rings (SSSR count). The Morgan fingerprint density at radius 3 is 0.987 bits per heavy atom. The lowest BCUT2D eigenvalue weighted by atomic mass is 9.99. The second-order valence-corrected chi connectivity index (χ2v) is 32.9. The van der Waals surface area contributed by atoms with Crippen LogP contribution in [0.5, 0.6) is 0 Å². The smallest absolute Gasteiger partial charge is 0.0462 e. The topological polar surface area (TPSA) is 3.24 Å². The number of nitrogens with zero attached hydrogens (tertiary/aromatic N) is 1. The van der Waals surface area contributed by atoms with Gasteiger partial charge in [0.1, 0.15) is 0 Å². The molecule has 398 valence electrons. The van der Waals surface area contributed by atoms with Crippen LogP contribution in [0.4, 0.5) is 17.1 Å². The third-order valence-electron chi connectivity index (χ3n) is 19.7. The normalized spacial score (nSPS) is 20.4. The standard InChI is InChI=1S/C72H90NP3/c1-7-23-63(24-8-1)74(64-25-9-2-10-26-64)69-52-44-56(45-53-69)55-38-46-60(47-39-55)73(61-48-40-57(41-49-61)59-22-21-35-70(54-59)75(65-27-11-3-12-28-65)66-29-13-4-14-30-66)62-50-42-58(43-51-62)71-36-19-20-37-72(71)76(67-31-15-5-16-32-67)68-33-17-6-18-34-68/h19-22,35-54,63-68H,1-18,23-34H2. The molecule has 6 aliphatic rings. The number of benzene rings is 6. The van der Waals surface area contributed by atoms with Gasteiger partial charge in [0.25, 0.3) is 0 Å². The van der Waals surface area contributed by atoms with Crippen LogP contribution in [-0.4, -0.2) is 34.0 Å². The van der Waals surface area contributed by atoms with Crippen molar-refractivity contribution in [3.8, 4) is 33.4 Å². The fourth-order valence-corrected chi connectivity index (χ4v) is 27.3. The van der Waals surface area contributed by atoms with Crippen molar-refractivity contribution in [1.82, 2.24) is 0 Å². The fourth-order valence-electron chi connectivity index (χ4n) is 15.7. The summed E-state index contributed by atoms with van der Waals surface area (Å²) in [5, 5.41) is 5.04. The van der Waals surface area contributed by atoms with Crippen LogP contribution in [0.2, 0.25) is 0 Å². The van der Waals surface area contributed by atoms with Crippen molar-refractivity contribution < 1.29 is 0 Å². The van der Waals surface area contributed by atoms with Gasteiger partial charge in [-0.15, -0.1) is 0 Å². The van der Waals surface area contributed by atoms with Crippen LogP contribution >= 0.6 is 23.8 Å². The van der Waals surface area contributed by atoms with Gasteiger partial charge in [-0.2, -0.15) is 0 Å². The Kier molecular flexibility index (Phi) is 18.2. The summed E-state index contributed by atoms with van der Waals surface area (Å²) in [7, 11) is -0.456. The van der Waals surface area contributed by atoms with E-state index in [0.29, 0.717) is 0 Å². The Balaban J connectivity index is 0.860. The van der Waals surface area contributed by atoms with Crippen LogP contribution in [0, 0.1) is 0 Å². The van der Waals surface area contributed by atoms with E-state index in [9.17, 15) is 0 Å². The van der Waals surface area contributed by atoms with Gasteiger partial charge in [0, 0.05) is 17.1 Å². The van der Waals surface area contributed by atoms with E-state index in [-0.39, 0.29) is 23.8 Å². The van der Waals surface area contributed by atoms with Crippen LogP contribution in [0.25, 0.3) is 33.4 Å². The summed E-state index contributed by atoms with van der Waals surface area (Å²) in [6, 6.07) is 58.6. The number of anilines is 3. The van der Waals surface area contributed by atoms with Crippen LogP contribution in [0.3, 0.4) is 0 Å². The highest BCUT2D eigenvalue weighted by molar-refractivity contribution is 7.68. The molecule has 6 aliphatic carbocycles. The molecule has 0 N–H and O–H groups in total. The largest absolute Gasteiger partial charge is 0.311 e. The van der Waals surface area contributed by atoms with Crippen molar-refractivity contribution in [1.29, 1.82) is 0 Å². The van der Waals surface area contributed by atoms with Gasteiger partial charge in [-0.05, 0) is 203 Å². The lowest BCUT2D eigenvalue weighted by Crippen LogP contribution is -2.27. The Labute approximate surface area is 464 Å². The molecule has 0 bridgehead atoms. The highest BCUT2D eigenvalue weighted by atomic mass is 31.1. The molecule has 6 saturated carbocycles. The highest BCUT2D eigenvalue weighted by Gasteiger charge is 2.36. The van der Waals surface area contributed by atoms with Gasteiger partial charge in [-0.25, -0.2) is 0 Å². The van der Waals surface area contributed by atoms with Gasteiger partial charge >= 0.3 is 0 Å². The quantitative estimate of drug-likeness (QED) is 0.0927. The first kappa shape index (κ1) is 53.1. The number of rotatable bonds is 15. The second kappa shape index (κ2) is 26.1. The van der Waals surface area contributed by atoms with E-state index in [1.807, 2.05) is 0 Å². The Hall–Kier alpha value is -3.59. The van der Waals surface area contributed by atoms with Crippen molar-refractivity contribution >= 4 is 56.7 Å². The van der Waals surface area contributed by atoms with Crippen molar-refractivity contribution in [3.05, 3.63) is 146 Å². The third kappa shape index (κ3) is 12.4. The Morgan fingerprint density at radius 2 is 0.579 bits per heavy atom. The van der Waals surface area contributed by atoms with Crippen LogP contribution in [0.1, 0.15) is 193 Å². The summed E-state index contributed by atoms with van der Waals surface area (Å²) in [5.74, 6) is 0. The summed E-state index contributed by atoms with van der Waals surface area (Å²) in [4.78, 5) is 2.52. The zero-order valence-corrected chi connectivity index (χ0v) is 49.0. The molecular weight excluding hydrogens is 972 g/mol. The first-order valence-electron chi connectivity index (χ1n) is 31.5. The van der Waals surface area contributed by atoms with Crippen LogP contribution in [0.15, 0.2) is 146 Å². The maximum Gasteiger partial charge on any atom is 0.0462 e. The molecule has 0 unspecified atom stereocenters. The van der Waals surface area contributed by atoms with Crippen LogP contribution in [-0.2, 0) is 0 Å². The molecule has 0 radical (unpaired) electrons. The monoisotopic (exact) mass is 1060 g/mol. The predicted octanol–water partition coefficient (Wildman–Crippen LogP) is 21.5. The minimum absolute atomic E-state index is 0.102. The third-order valence-corrected chi connectivity index (χ3v) is 30.2. The Morgan fingerprint density at radius 1 is 0.250 bits per heavy atom. The average Bonchev–Trinajstić information content (AvgIpc) is 3.51. The molecule has 6 aromatic carbocycles. The van der Waals surface area contributed by atoms with Crippen LogP contribution < -0.4 is 20.8 Å². The summed E-state index contributed by atoms with van der Waals surface area (Å²) in [6.45, 7) is 0. The van der Waals surface area contributed by atoms with E-state index in [4.69, 9.17) is 0 Å². The van der Waals surface area contributed by atoms with E-state index in [2.05, 4.69) is 150 Å². The lowest BCUT2D eigenvalue weighted by Gasteiger charge is -2.39. The second-order valence-electron chi connectivity index (χ2n) is 24.6. The minimum Gasteiger partial charge on any atom is -0.311 e. The van der Waals surface area contributed by atoms with Gasteiger partial charge in [0.05, 0.1) is 0 Å². The average molecular weight is 1060 g/mol. The molecule has 0 spiro atoms. The van der Waals surface area contributed by atoms with Crippen molar-refractivity contribution in [2.75, 3.05) is 4.90 Å². The van der Waals surface area contributed by atoms with Gasteiger partial charge in [0.2, 0.25) is 0 Å². The lowest BCUT2D eigenvalue weighted by molar-refractivity contribution is 0.487. The number of hydrogen-bond donors (Lipinski definition) is 0. The van der Waals surface area contributed by atoms with E-state index in [1.54, 1.807) is 15.9 Å². The molecule has 0 saturated heterocycles. The SMILES string of the molecule is c1cc(-c2ccc(N(c3ccc(-c4ccc(P(C5CCCCC5)C5CCCCC5)cc4)cc3)c3ccc(-c4ccccc4P(C4CCCCC4)C4CCCCC4)cc3)cc2)cc(P(C2CCCCC2)C2CCCCC2)c1. The molecule has 0 heterocycles. The predicted molar refractivity (Wildman–Crippen MR) is 338 cm³/mol. The summed E-state index contributed by atoms with van der Waals surface area (Å²) >= 11 is 0. The maximum absolute atomic E-state index is 2.63.